The van der Waals surface area contributed by atoms with E-state index < -0.39 is 6.29 Å². The van der Waals surface area contributed by atoms with Crippen LogP contribution in [0.2, 0.25) is 0 Å². The largest absolute Gasteiger partial charge is 0.373 e. The van der Waals surface area contributed by atoms with E-state index in [1.165, 1.54) is 5.01 Å². The lowest BCUT2D eigenvalue weighted by Crippen LogP contribution is -2.56. The number of methoxy groups -OCH3 is 2. The number of amidine groups is 1. The fourth-order valence-corrected chi connectivity index (χ4v) is 1.57. The van der Waals surface area contributed by atoms with Crippen molar-refractivity contribution in [3.63, 3.8) is 0 Å². The fourth-order valence-electron chi connectivity index (χ4n) is 1.57. The SMILES string of the molecule is CCCCOCC1=NC(NCOC)=NC(NCOC)N1N. The number of hydrogen-bond donors (Lipinski definition) is 3. The van der Waals surface area contributed by atoms with Crippen LogP contribution in [-0.4, -0.2) is 64.0 Å². The summed E-state index contributed by atoms with van der Waals surface area (Å²) in [5, 5.41) is 7.42. The van der Waals surface area contributed by atoms with Crippen LogP contribution in [0.1, 0.15) is 19.8 Å². The van der Waals surface area contributed by atoms with Crippen LogP contribution < -0.4 is 16.5 Å². The zero-order valence-electron chi connectivity index (χ0n) is 13.0. The molecule has 0 aromatic rings. The number of ether oxygens (including phenoxy) is 3. The number of unbranched alkanes of at least 4 members (excludes halogenated alkanes) is 1. The molecule has 1 unspecified atom stereocenters. The molecule has 0 fully saturated rings. The summed E-state index contributed by atoms with van der Waals surface area (Å²) in [5.74, 6) is 7.04. The van der Waals surface area contributed by atoms with Crippen molar-refractivity contribution in [3.05, 3.63) is 0 Å². The van der Waals surface area contributed by atoms with Gasteiger partial charge in [0.1, 0.15) is 13.3 Å². The van der Waals surface area contributed by atoms with Gasteiger partial charge in [-0.25, -0.2) is 10.8 Å². The molecule has 0 saturated carbocycles. The third kappa shape index (κ3) is 6.36. The Balaban J connectivity index is 2.63. The minimum absolute atomic E-state index is 0.313. The third-order valence-electron chi connectivity index (χ3n) is 2.70. The van der Waals surface area contributed by atoms with Crippen molar-refractivity contribution in [1.29, 1.82) is 0 Å². The lowest BCUT2D eigenvalue weighted by atomic mass is 10.4. The molecular weight excluding hydrogens is 276 g/mol. The molecular formula is C12H26N6O3. The topological polar surface area (TPSA) is 106 Å². The number of nitrogens with zero attached hydrogens (tertiary/aromatic N) is 3. The summed E-state index contributed by atoms with van der Waals surface area (Å²) in [6.45, 7) is 3.75. The molecule has 9 heteroatoms. The zero-order valence-corrected chi connectivity index (χ0v) is 13.0. The second kappa shape index (κ2) is 10.5. The molecule has 0 spiro atoms. The average Bonchev–Trinajstić information content (AvgIpc) is 2.50. The molecule has 0 aromatic carbocycles. The van der Waals surface area contributed by atoms with Gasteiger partial charge in [0.15, 0.2) is 12.1 Å². The number of nitrogens with one attached hydrogen (secondary N) is 2. The second-order valence-corrected chi connectivity index (χ2v) is 4.41. The molecule has 122 valence electrons. The summed E-state index contributed by atoms with van der Waals surface area (Å²) in [7, 11) is 3.18. The average molecular weight is 302 g/mol. The van der Waals surface area contributed by atoms with Crippen molar-refractivity contribution in [2.45, 2.75) is 26.1 Å². The second-order valence-electron chi connectivity index (χ2n) is 4.41. The smallest absolute Gasteiger partial charge is 0.224 e. The molecule has 9 nitrogen and oxygen atoms in total. The predicted octanol–water partition coefficient (Wildman–Crippen LogP) is -0.582. The van der Waals surface area contributed by atoms with Gasteiger partial charge < -0.3 is 19.5 Å². The maximum Gasteiger partial charge on any atom is 0.224 e. The summed E-state index contributed by atoms with van der Waals surface area (Å²) >= 11 is 0. The Kier molecular flexibility index (Phi) is 8.87. The maximum atomic E-state index is 6.01. The number of rotatable bonds is 10. The lowest BCUT2D eigenvalue weighted by Gasteiger charge is -2.31. The summed E-state index contributed by atoms with van der Waals surface area (Å²) in [6.07, 6.45) is 1.62. The van der Waals surface area contributed by atoms with Gasteiger partial charge in [0.05, 0.1) is 6.73 Å². The molecule has 1 heterocycles. The Morgan fingerprint density at radius 1 is 1.29 bits per heavy atom. The molecule has 0 saturated heterocycles. The molecule has 4 N–H and O–H groups in total. The highest BCUT2D eigenvalue weighted by Crippen LogP contribution is 2.04. The van der Waals surface area contributed by atoms with E-state index in [2.05, 4.69) is 27.5 Å². The van der Waals surface area contributed by atoms with Crippen molar-refractivity contribution >= 4 is 11.8 Å². The molecule has 1 rings (SSSR count). The Bertz CT molecular complexity index is 350. The molecule has 0 bridgehead atoms. The number of hydrogen-bond acceptors (Lipinski definition) is 9. The van der Waals surface area contributed by atoms with Crippen molar-refractivity contribution in [1.82, 2.24) is 15.6 Å². The molecule has 1 atom stereocenters. The molecule has 0 aromatic heterocycles. The highest BCUT2D eigenvalue weighted by atomic mass is 16.5. The van der Waals surface area contributed by atoms with E-state index >= 15 is 0 Å². The number of aliphatic imine (C=N–C) groups is 2. The van der Waals surface area contributed by atoms with Crippen LogP contribution in [-0.2, 0) is 14.2 Å². The van der Waals surface area contributed by atoms with Crippen molar-refractivity contribution in [2.75, 3.05) is 40.9 Å². The van der Waals surface area contributed by atoms with E-state index in [1.807, 2.05) is 0 Å². The molecule has 0 radical (unpaired) electrons. The Morgan fingerprint density at radius 3 is 2.71 bits per heavy atom. The maximum absolute atomic E-state index is 6.01. The van der Waals surface area contributed by atoms with Gasteiger partial charge in [-0.05, 0) is 6.42 Å². The molecule has 1 aliphatic heterocycles. The fraction of sp³-hybridized carbons (Fsp3) is 0.833. The minimum atomic E-state index is -0.466. The molecule has 0 aliphatic carbocycles. The highest BCUT2D eigenvalue weighted by Gasteiger charge is 2.23. The normalized spacial score (nSPS) is 18.5. The van der Waals surface area contributed by atoms with Crippen molar-refractivity contribution in [3.8, 4) is 0 Å². The molecule has 21 heavy (non-hydrogen) atoms. The van der Waals surface area contributed by atoms with E-state index in [0.29, 0.717) is 38.5 Å². The van der Waals surface area contributed by atoms with Gasteiger partial charge in [-0.2, -0.15) is 4.99 Å². The first-order chi connectivity index (χ1) is 10.2. The van der Waals surface area contributed by atoms with Crippen LogP contribution in [0, 0.1) is 0 Å². The first-order valence-corrected chi connectivity index (χ1v) is 6.95. The van der Waals surface area contributed by atoms with E-state index in [9.17, 15) is 0 Å². The van der Waals surface area contributed by atoms with Crippen LogP contribution in [0.5, 0.6) is 0 Å². The van der Waals surface area contributed by atoms with E-state index in [0.717, 1.165) is 12.8 Å². The quantitative estimate of drug-likeness (QED) is 0.281. The van der Waals surface area contributed by atoms with Crippen molar-refractivity contribution in [2.24, 2.45) is 15.8 Å². The van der Waals surface area contributed by atoms with Gasteiger partial charge in [-0.3, -0.25) is 10.3 Å². The summed E-state index contributed by atoms with van der Waals surface area (Å²) < 4.78 is 15.5. The van der Waals surface area contributed by atoms with Crippen LogP contribution >= 0.6 is 0 Å². The standard InChI is InChI=1S/C12H26N6O3/c1-4-5-6-21-7-10-16-11(14-8-19-2)17-12(18(10)13)15-9-20-3/h12,15H,4-9,13H2,1-3H3,(H,14,17). The van der Waals surface area contributed by atoms with E-state index in [4.69, 9.17) is 20.1 Å². The number of hydrazine groups is 1. The monoisotopic (exact) mass is 302 g/mol. The zero-order chi connectivity index (χ0) is 15.5. The van der Waals surface area contributed by atoms with Crippen LogP contribution in [0.4, 0.5) is 0 Å². The van der Waals surface area contributed by atoms with Crippen LogP contribution in [0.3, 0.4) is 0 Å². The van der Waals surface area contributed by atoms with Gasteiger partial charge >= 0.3 is 0 Å². The third-order valence-corrected chi connectivity index (χ3v) is 2.70. The first-order valence-electron chi connectivity index (χ1n) is 6.95. The Labute approximate surface area is 125 Å². The highest BCUT2D eigenvalue weighted by molar-refractivity contribution is 5.98. The van der Waals surface area contributed by atoms with Gasteiger partial charge in [0.2, 0.25) is 5.96 Å². The van der Waals surface area contributed by atoms with Gasteiger partial charge in [0, 0.05) is 20.8 Å². The minimum Gasteiger partial charge on any atom is -0.373 e. The summed E-state index contributed by atoms with van der Waals surface area (Å²) in [4.78, 5) is 8.65. The van der Waals surface area contributed by atoms with Gasteiger partial charge in [-0.15, -0.1) is 0 Å². The first kappa shape index (κ1) is 17.8. The van der Waals surface area contributed by atoms with Gasteiger partial charge in [-0.1, -0.05) is 13.3 Å². The van der Waals surface area contributed by atoms with Gasteiger partial charge in [0.25, 0.3) is 0 Å². The number of guanidine groups is 1. The molecule has 1 aliphatic rings. The lowest BCUT2D eigenvalue weighted by molar-refractivity contribution is 0.121. The summed E-state index contributed by atoms with van der Waals surface area (Å²) in [5.41, 5.74) is 0. The predicted molar refractivity (Wildman–Crippen MR) is 80.4 cm³/mol. The van der Waals surface area contributed by atoms with Crippen LogP contribution in [0.25, 0.3) is 0 Å². The van der Waals surface area contributed by atoms with E-state index in [1.54, 1.807) is 14.2 Å². The van der Waals surface area contributed by atoms with Crippen LogP contribution in [0.15, 0.2) is 9.98 Å². The van der Waals surface area contributed by atoms with Crippen molar-refractivity contribution < 1.29 is 14.2 Å². The van der Waals surface area contributed by atoms with E-state index in [-0.39, 0.29) is 0 Å². The Morgan fingerprint density at radius 2 is 2.05 bits per heavy atom. The Hall–Kier alpha value is -1.26. The molecule has 0 amide bonds. The number of nitrogens with two attached hydrogens (primary N) is 1. The summed E-state index contributed by atoms with van der Waals surface area (Å²) in [6, 6.07) is 0.